The van der Waals surface area contributed by atoms with E-state index in [4.69, 9.17) is 23.2 Å². The van der Waals surface area contributed by atoms with Gasteiger partial charge in [-0.25, -0.2) is 4.98 Å². The van der Waals surface area contributed by atoms with Crippen LogP contribution in [0.4, 0.5) is 11.6 Å². The first-order chi connectivity index (χ1) is 9.08. The Kier molecular flexibility index (Phi) is 7.28. The quantitative estimate of drug-likeness (QED) is 0.770. The number of likely N-dealkylation sites (N-methyl/N-ethyl adjacent to an activating group) is 1. The van der Waals surface area contributed by atoms with E-state index in [-0.39, 0.29) is 0 Å². The fourth-order valence-electron chi connectivity index (χ4n) is 1.48. The van der Waals surface area contributed by atoms with Crippen LogP contribution in [0.25, 0.3) is 0 Å². The third-order valence-corrected chi connectivity index (χ3v) is 3.37. The van der Waals surface area contributed by atoms with Crippen molar-refractivity contribution in [2.24, 2.45) is 0 Å². The molecule has 0 aliphatic heterocycles. The Morgan fingerprint density at radius 3 is 2.21 bits per heavy atom. The van der Waals surface area contributed by atoms with Gasteiger partial charge in [-0.1, -0.05) is 37.0 Å². The Morgan fingerprint density at radius 1 is 1.11 bits per heavy atom. The Labute approximate surface area is 125 Å². The Morgan fingerprint density at radius 2 is 1.68 bits per heavy atom. The summed E-state index contributed by atoms with van der Waals surface area (Å²) < 4.78 is 0. The highest BCUT2D eigenvalue weighted by atomic mass is 35.5. The lowest BCUT2D eigenvalue weighted by atomic mass is 10.4. The molecule has 2 N–H and O–H groups in total. The lowest BCUT2D eigenvalue weighted by Gasteiger charge is -2.16. The molecule has 0 fully saturated rings. The number of nitrogens with one attached hydrogen (secondary N) is 2. The zero-order chi connectivity index (χ0) is 14.3. The molecule has 0 radical (unpaired) electrons. The highest BCUT2D eigenvalue weighted by Gasteiger charge is 2.08. The zero-order valence-electron chi connectivity index (χ0n) is 11.8. The van der Waals surface area contributed by atoms with Gasteiger partial charge in [0, 0.05) is 19.6 Å². The second kappa shape index (κ2) is 8.46. The van der Waals surface area contributed by atoms with Crippen LogP contribution in [0.3, 0.4) is 0 Å². The van der Waals surface area contributed by atoms with E-state index in [1.165, 1.54) is 0 Å². The molecule has 6 heteroatoms. The fourth-order valence-corrected chi connectivity index (χ4v) is 1.97. The molecule has 0 saturated carbocycles. The summed E-state index contributed by atoms with van der Waals surface area (Å²) in [5.41, 5.74) is 0. The highest BCUT2D eigenvalue weighted by Crippen LogP contribution is 2.29. The summed E-state index contributed by atoms with van der Waals surface area (Å²) in [4.78, 5) is 6.64. The third kappa shape index (κ3) is 5.43. The topological polar surface area (TPSA) is 40.2 Å². The SMILES string of the molecule is CCCNc1nc(NCCN(C)CC)c(Cl)cc1Cl. The van der Waals surface area contributed by atoms with Gasteiger partial charge in [0.15, 0.2) is 0 Å². The van der Waals surface area contributed by atoms with Crippen LogP contribution in [-0.4, -0.2) is 43.1 Å². The van der Waals surface area contributed by atoms with Crippen molar-refractivity contribution >= 4 is 34.8 Å². The van der Waals surface area contributed by atoms with E-state index >= 15 is 0 Å². The number of pyridine rings is 1. The fraction of sp³-hybridized carbons (Fsp3) is 0.615. The molecular weight excluding hydrogens is 283 g/mol. The lowest BCUT2D eigenvalue weighted by molar-refractivity contribution is 0.367. The van der Waals surface area contributed by atoms with Crippen molar-refractivity contribution in [2.75, 3.05) is 43.9 Å². The standard InChI is InChI=1S/C13H22Cl2N4/c1-4-6-16-12-10(14)9-11(15)13(18-12)17-7-8-19(3)5-2/h9H,4-8H2,1-3H3,(H2,16,17,18). The van der Waals surface area contributed by atoms with Crippen molar-refractivity contribution in [3.05, 3.63) is 16.1 Å². The Hall–Kier alpha value is -0.710. The monoisotopic (exact) mass is 304 g/mol. The van der Waals surface area contributed by atoms with Gasteiger partial charge in [0.05, 0.1) is 10.0 Å². The molecular formula is C13H22Cl2N4. The van der Waals surface area contributed by atoms with Gasteiger partial charge in [0.2, 0.25) is 0 Å². The summed E-state index contributed by atoms with van der Waals surface area (Å²) in [6, 6.07) is 1.72. The number of anilines is 2. The first-order valence-electron chi connectivity index (χ1n) is 6.60. The average Bonchev–Trinajstić information content (AvgIpc) is 2.39. The number of nitrogens with zero attached hydrogens (tertiary/aromatic N) is 2. The molecule has 19 heavy (non-hydrogen) atoms. The Balaban J connectivity index is 2.66. The van der Waals surface area contributed by atoms with E-state index in [1.54, 1.807) is 6.07 Å². The molecule has 1 aromatic heterocycles. The second-order valence-corrected chi connectivity index (χ2v) is 5.21. The molecule has 0 aliphatic rings. The third-order valence-electron chi connectivity index (χ3n) is 2.80. The van der Waals surface area contributed by atoms with Crippen LogP contribution in [0.15, 0.2) is 6.07 Å². The smallest absolute Gasteiger partial charge is 0.147 e. The maximum atomic E-state index is 6.13. The Bertz CT molecular complexity index is 398. The van der Waals surface area contributed by atoms with Gasteiger partial charge < -0.3 is 15.5 Å². The molecule has 108 valence electrons. The molecule has 0 aromatic carbocycles. The van der Waals surface area contributed by atoms with E-state index < -0.39 is 0 Å². The summed E-state index contributed by atoms with van der Waals surface area (Å²) in [6.07, 6.45) is 1.02. The molecule has 0 aliphatic carbocycles. The van der Waals surface area contributed by atoms with Crippen molar-refractivity contribution in [3.8, 4) is 0 Å². The maximum Gasteiger partial charge on any atom is 0.147 e. The number of hydrogen-bond acceptors (Lipinski definition) is 4. The van der Waals surface area contributed by atoms with Crippen molar-refractivity contribution in [1.82, 2.24) is 9.88 Å². The van der Waals surface area contributed by atoms with Crippen molar-refractivity contribution in [2.45, 2.75) is 20.3 Å². The molecule has 1 aromatic rings. The lowest BCUT2D eigenvalue weighted by Crippen LogP contribution is -2.25. The molecule has 0 atom stereocenters. The molecule has 0 spiro atoms. The minimum absolute atomic E-state index is 0.547. The van der Waals surface area contributed by atoms with E-state index in [0.717, 1.165) is 32.6 Å². The van der Waals surface area contributed by atoms with Crippen LogP contribution in [-0.2, 0) is 0 Å². The summed E-state index contributed by atoms with van der Waals surface area (Å²) >= 11 is 12.2. The molecule has 0 saturated heterocycles. The van der Waals surface area contributed by atoms with Crippen LogP contribution in [0.5, 0.6) is 0 Å². The first kappa shape index (κ1) is 16.3. The summed E-state index contributed by atoms with van der Waals surface area (Å²) in [5, 5.41) is 7.53. The average molecular weight is 305 g/mol. The molecule has 0 bridgehead atoms. The predicted molar refractivity (Wildman–Crippen MR) is 84.7 cm³/mol. The van der Waals surface area contributed by atoms with Gasteiger partial charge in [-0.15, -0.1) is 0 Å². The van der Waals surface area contributed by atoms with Crippen molar-refractivity contribution in [3.63, 3.8) is 0 Å². The number of hydrogen-bond donors (Lipinski definition) is 2. The van der Waals surface area contributed by atoms with Gasteiger partial charge in [0.1, 0.15) is 11.6 Å². The van der Waals surface area contributed by atoms with E-state index in [9.17, 15) is 0 Å². The summed E-state index contributed by atoms with van der Waals surface area (Å²) in [6.45, 7) is 7.82. The van der Waals surface area contributed by atoms with Crippen molar-refractivity contribution in [1.29, 1.82) is 0 Å². The zero-order valence-corrected chi connectivity index (χ0v) is 13.3. The van der Waals surface area contributed by atoms with Gasteiger partial charge >= 0.3 is 0 Å². The highest BCUT2D eigenvalue weighted by molar-refractivity contribution is 6.37. The minimum Gasteiger partial charge on any atom is -0.369 e. The van der Waals surface area contributed by atoms with Crippen LogP contribution in [0.1, 0.15) is 20.3 Å². The van der Waals surface area contributed by atoms with Gasteiger partial charge in [-0.3, -0.25) is 0 Å². The van der Waals surface area contributed by atoms with Gasteiger partial charge in [0.25, 0.3) is 0 Å². The largest absolute Gasteiger partial charge is 0.369 e. The van der Waals surface area contributed by atoms with Crippen LogP contribution in [0.2, 0.25) is 10.0 Å². The van der Waals surface area contributed by atoms with Crippen LogP contribution >= 0.6 is 23.2 Å². The van der Waals surface area contributed by atoms with E-state index in [0.29, 0.717) is 21.7 Å². The van der Waals surface area contributed by atoms with Gasteiger partial charge in [-0.2, -0.15) is 0 Å². The number of aromatic nitrogens is 1. The normalized spacial score (nSPS) is 10.8. The number of rotatable bonds is 8. The van der Waals surface area contributed by atoms with Gasteiger partial charge in [-0.05, 0) is 26.1 Å². The minimum atomic E-state index is 0.547. The first-order valence-corrected chi connectivity index (χ1v) is 7.36. The second-order valence-electron chi connectivity index (χ2n) is 4.40. The van der Waals surface area contributed by atoms with Crippen molar-refractivity contribution < 1.29 is 0 Å². The van der Waals surface area contributed by atoms with E-state index in [1.807, 2.05) is 0 Å². The molecule has 4 nitrogen and oxygen atoms in total. The molecule has 0 unspecified atom stereocenters. The van der Waals surface area contributed by atoms with Crippen LogP contribution < -0.4 is 10.6 Å². The predicted octanol–water partition coefficient (Wildman–Crippen LogP) is 3.57. The summed E-state index contributed by atoms with van der Waals surface area (Å²) in [5.74, 6) is 1.36. The summed E-state index contributed by atoms with van der Waals surface area (Å²) in [7, 11) is 2.08. The maximum absolute atomic E-state index is 6.13. The van der Waals surface area contributed by atoms with Crippen LogP contribution in [0, 0.1) is 0 Å². The number of halogens is 2. The van der Waals surface area contributed by atoms with E-state index in [2.05, 4.69) is 41.4 Å². The molecule has 1 rings (SSSR count). The molecule has 0 amide bonds. The molecule has 1 heterocycles.